The second-order valence-corrected chi connectivity index (χ2v) is 3.98. The van der Waals surface area contributed by atoms with Crippen LogP contribution in [0.2, 0.25) is 0 Å². The van der Waals surface area contributed by atoms with Crippen molar-refractivity contribution in [3.63, 3.8) is 0 Å². The van der Waals surface area contributed by atoms with Gasteiger partial charge in [-0.3, -0.25) is 4.79 Å². The smallest absolute Gasteiger partial charge is 0.231 e. The number of rotatable bonds is 3. The summed E-state index contributed by atoms with van der Waals surface area (Å²) in [7, 11) is 0. The summed E-state index contributed by atoms with van der Waals surface area (Å²) in [5.74, 6) is 1.27. The Labute approximate surface area is 105 Å². The van der Waals surface area contributed by atoms with Gasteiger partial charge in [-0.25, -0.2) is 0 Å². The molecule has 3 heteroatoms. The highest BCUT2D eigenvalue weighted by molar-refractivity contribution is 6.05. The summed E-state index contributed by atoms with van der Waals surface area (Å²) in [6, 6.07) is 5.21. The van der Waals surface area contributed by atoms with E-state index < -0.39 is 0 Å². The van der Waals surface area contributed by atoms with Crippen LogP contribution in [0, 0.1) is 6.42 Å². The van der Waals surface area contributed by atoms with Crippen molar-refractivity contribution in [2.24, 2.45) is 0 Å². The highest BCUT2D eigenvalue weighted by Crippen LogP contribution is 2.32. The van der Waals surface area contributed by atoms with E-state index in [1.54, 1.807) is 30.4 Å². The van der Waals surface area contributed by atoms with Gasteiger partial charge in [0, 0.05) is 12.0 Å². The molecule has 0 atom stereocenters. The number of ether oxygens (including phenoxy) is 2. The van der Waals surface area contributed by atoms with Crippen molar-refractivity contribution in [2.45, 2.75) is 0 Å². The van der Waals surface area contributed by atoms with Gasteiger partial charge in [0.15, 0.2) is 17.3 Å². The zero-order valence-corrected chi connectivity index (χ0v) is 9.63. The maximum Gasteiger partial charge on any atom is 0.231 e. The predicted octanol–water partition coefficient (Wildman–Crippen LogP) is 2.85. The highest BCUT2D eigenvalue weighted by Gasteiger charge is 2.14. The molecule has 89 valence electrons. The summed E-state index contributed by atoms with van der Waals surface area (Å²) < 4.78 is 10.4. The Morgan fingerprint density at radius 2 is 2.11 bits per heavy atom. The van der Waals surface area contributed by atoms with Gasteiger partial charge in [-0.15, -0.1) is 0 Å². The fraction of sp³-hybridized carbons (Fsp3) is 0.0667. The van der Waals surface area contributed by atoms with Gasteiger partial charge in [0.25, 0.3) is 0 Å². The van der Waals surface area contributed by atoms with Gasteiger partial charge >= 0.3 is 0 Å². The Kier molecular flexibility index (Phi) is 2.73. The van der Waals surface area contributed by atoms with Gasteiger partial charge < -0.3 is 9.47 Å². The van der Waals surface area contributed by atoms with Crippen molar-refractivity contribution in [1.82, 2.24) is 0 Å². The standard InChI is InChI=1S/C15H11O3/c16-13(7-5-11-3-1-2-4-11)12-6-8-14-15(9-12)18-10-17-14/h1-9H,10H2/b7-5+. The predicted molar refractivity (Wildman–Crippen MR) is 67.6 cm³/mol. The molecule has 1 aromatic carbocycles. The van der Waals surface area contributed by atoms with Crippen LogP contribution in [0.5, 0.6) is 11.5 Å². The van der Waals surface area contributed by atoms with Crippen LogP contribution in [-0.2, 0) is 0 Å². The van der Waals surface area contributed by atoms with Crippen molar-refractivity contribution in [3.05, 3.63) is 66.1 Å². The molecule has 0 bridgehead atoms. The van der Waals surface area contributed by atoms with E-state index in [-0.39, 0.29) is 12.6 Å². The first-order chi connectivity index (χ1) is 8.83. The van der Waals surface area contributed by atoms with Crippen LogP contribution in [0.4, 0.5) is 0 Å². The third kappa shape index (κ3) is 2.07. The van der Waals surface area contributed by atoms with E-state index in [0.717, 1.165) is 5.57 Å². The summed E-state index contributed by atoms with van der Waals surface area (Å²) in [6.07, 6.45) is 11.1. The maximum atomic E-state index is 12.0. The summed E-state index contributed by atoms with van der Waals surface area (Å²) >= 11 is 0. The van der Waals surface area contributed by atoms with Gasteiger partial charge in [-0.05, 0) is 29.8 Å². The minimum absolute atomic E-state index is 0.0468. The first-order valence-electron chi connectivity index (χ1n) is 5.67. The molecule has 0 saturated heterocycles. The molecule has 0 saturated carbocycles. The average molecular weight is 239 g/mol. The summed E-state index contributed by atoms with van der Waals surface area (Å²) in [5.41, 5.74) is 1.62. The zero-order chi connectivity index (χ0) is 12.4. The lowest BCUT2D eigenvalue weighted by Gasteiger charge is -1.98. The Balaban J connectivity index is 1.78. The van der Waals surface area contributed by atoms with Crippen molar-refractivity contribution in [2.75, 3.05) is 6.79 Å². The molecule has 2 aliphatic rings. The second-order valence-electron chi connectivity index (χ2n) is 3.98. The number of hydrogen-bond acceptors (Lipinski definition) is 3. The number of allylic oxidation sites excluding steroid dienone is 6. The highest BCUT2D eigenvalue weighted by atomic mass is 16.7. The molecule has 3 nitrogen and oxygen atoms in total. The van der Waals surface area contributed by atoms with E-state index in [2.05, 4.69) is 0 Å². The van der Waals surface area contributed by atoms with E-state index in [1.807, 2.05) is 24.6 Å². The lowest BCUT2D eigenvalue weighted by molar-refractivity contribution is 0.104. The third-order valence-corrected chi connectivity index (χ3v) is 2.77. The number of fused-ring (bicyclic) bond motifs is 1. The van der Waals surface area contributed by atoms with E-state index in [9.17, 15) is 4.79 Å². The minimum Gasteiger partial charge on any atom is -0.454 e. The van der Waals surface area contributed by atoms with Crippen LogP contribution in [0.25, 0.3) is 0 Å². The van der Waals surface area contributed by atoms with Crippen LogP contribution in [0.15, 0.2) is 54.2 Å². The Morgan fingerprint density at radius 1 is 1.22 bits per heavy atom. The van der Waals surface area contributed by atoms with Crippen LogP contribution < -0.4 is 9.47 Å². The van der Waals surface area contributed by atoms with Crippen molar-refractivity contribution in [3.8, 4) is 11.5 Å². The Bertz CT molecular complexity index is 579. The molecule has 0 aromatic heterocycles. The molecule has 1 aliphatic carbocycles. The van der Waals surface area contributed by atoms with Crippen molar-refractivity contribution < 1.29 is 14.3 Å². The van der Waals surface area contributed by atoms with E-state index in [0.29, 0.717) is 17.1 Å². The Morgan fingerprint density at radius 3 is 2.94 bits per heavy atom. The monoisotopic (exact) mass is 239 g/mol. The van der Waals surface area contributed by atoms with E-state index in [4.69, 9.17) is 9.47 Å². The lowest BCUT2D eigenvalue weighted by atomic mass is 10.1. The summed E-state index contributed by atoms with van der Waals surface area (Å²) in [6.45, 7) is 0.219. The quantitative estimate of drug-likeness (QED) is 0.601. The fourth-order valence-corrected chi connectivity index (χ4v) is 1.82. The molecule has 1 radical (unpaired) electrons. The first-order valence-corrected chi connectivity index (χ1v) is 5.67. The first kappa shape index (κ1) is 10.8. The third-order valence-electron chi connectivity index (χ3n) is 2.77. The summed E-state index contributed by atoms with van der Waals surface area (Å²) in [5, 5.41) is 0. The molecule has 0 fully saturated rings. The van der Waals surface area contributed by atoms with E-state index >= 15 is 0 Å². The molecule has 0 spiro atoms. The Hall–Kier alpha value is -2.29. The molecular weight excluding hydrogens is 228 g/mol. The molecular formula is C15H11O3. The van der Waals surface area contributed by atoms with Crippen LogP contribution in [0.1, 0.15) is 10.4 Å². The van der Waals surface area contributed by atoms with E-state index in [1.165, 1.54) is 0 Å². The second kappa shape index (κ2) is 4.53. The lowest BCUT2D eigenvalue weighted by Crippen LogP contribution is -1.94. The SMILES string of the molecule is O=C(/C=C/C1=C[CH]C=C1)c1ccc2c(c1)OCO2. The average Bonchev–Trinajstić information content (AvgIpc) is 3.05. The van der Waals surface area contributed by atoms with Crippen LogP contribution in [0.3, 0.4) is 0 Å². The number of ketones is 1. The molecule has 0 amide bonds. The van der Waals surface area contributed by atoms with Gasteiger partial charge in [0.1, 0.15) is 0 Å². The number of carbonyl (C=O) groups is 1. The molecule has 0 N–H and O–H groups in total. The van der Waals surface area contributed by atoms with Gasteiger partial charge in [-0.1, -0.05) is 24.3 Å². The zero-order valence-electron chi connectivity index (χ0n) is 9.63. The molecule has 18 heavy (non-hydrogen) atoms. The maximum absolute atomic E-state index is 12.0. The van der Waals surface area contributed by atoms with Crippen LogP contribution in [-0.4, -0.2) is 12.6 Å². The fourth-order valence-electron chi connectivity index (χ4n) is 1.82. The van der Waals surface area contributed by atoms with Gasteiger partial charge in [0.05, 0.1) is 0 Å². The van der Waals surface area contributed by atoms with Gasteiger partial charge in [-0.2, -0.15) is 0 Å². The minimum atomic E-state index is -0.0468. The molecule has 1 heterocycles. The largest absolute Gasteiger partial charge is 0.454 e. The number of carbonyl (C=O) groups excluding carboxylic acids is 1. The normalized spacial score (nSPS) is 16.3. The molecule has 3 rings (SSSR count). The number of hydrogen-bond donors (Lipinski definition) is 0. The van der Waals surface area contributed by atoms with Gasteiger partial charge in [0.2, 0.25) is 6.79 Å². The number of benzene rings is 1. The van der Waals surface area contributed by atoms with Crippen molar-refractivity contribution in [1.29, 1.82) is 0 Å². The van der Waals surface area contributed by atoms with Crippen molar-refractivity contribution >= 4 is 5.78 Å². The summed E-state index contributed by atoms with van der Waals surface area (Å²) in [4.78, 5) is 12.0. The molecule has 1 aliphatic heterocycles. The molecule has 1 aromatic rings. The molecule has 0 unspecified atom stereocenters. The topological polar surface area (TPSA) is 35.5 Å². The van der Waals surface area contributed by atoms with Crippen LogP contribution >= 0.6 is 0 Å².